The molecule has 172 valence electrons. The lowest BCUT2D eigenvalue weighted by Gasteiger charge is -2.26. The van der Waals surface area contributed by atoms with E-state index in [0.717, 1.165) is 11.3 Å². The molecule has 1 aliphatic rings. The van der Waals surface area contributed by atoms with E-state index in [1.807, 2.05) is 12.1 Å². The van der Waals surface area contributed by atoms with E-state index < -0.39 is 10.0 Å². The average Bonchev–Trinajstić information content (AvgIpc) is 3.41. The van der Waals surface area contributed by atoms with Crippen molar-refractivity contribution in [3.05, 3.63) is 47.0 Å². The van der Waals surface area contributed by atoms with Gasteiger partial charge in [-0.2, -0.15) is 8.82 Å². The number of pyridine rings is 1. The molecule has 0 spiro atoms. The zero-order valence-electron chi connectivity index (χ0n) is 18.2. The molecule has 0 fully saturated rings. The predicted molar refractivity (Wildman–Crippen MR) is 115 cm³/mol. The molecule has 0 bridgehead atoms. The van der Waals surface area contributed by atoms with Crippen LogP contribution in [0.1, 0.15) is 22.7 Å². The van der Waals surface area contributed by atoms with Crippen LogP contribution in [0, 0.1) is 6.92 Å². The Balaban J connectivity index is 1.39. The highest BCUT2D eigenvalue weighted by molar-refractivity contribution is 7.88. The Hall–Kier alpha value is -3.58. The molecule has 0 radical (unpaired) electrons. The van der Waals surface area contributed by atoms with Crippen LogP contribution in [0.15, 0.2) is 28.8 Å². The van der Waals surface area contributed by atoms with E-state index >= 15 is 0 Å². The predicted octanol–water partition coefficient (Wildman–Crippen LogP) is 1.39. The van der Waals surface area contributed by atoms with Crippen LogP contribution in [0.5, 0.6) is 11.6 Å². The summed E-state index contributed by atoms with van der Waals surface area (Å²) in [5.41, 5.74) is 3.43. The van der Waals surface area contributed by atoms with E-state index in [0.29, 0.717) is 53.9 Å². The van der Waals surface area contributed by atoms with Crippen LogP contribution in [0.4, 0.5) is 0 Å². The first kappa shape index (κ1) is 21.3. The van der Waals surface area contributed by atoms with Crippen molar-refractivity contribution in [1.29, 1.82) is 0 Å². The van der Waals surface area contributed by atoms with Crippen LogP contribution in [-0.4, -0.2) is 62.6 Å². The van der Waals surface area contributed by atoms with Crippen LogP contribution >= 0.6 is 0 Å². The van der Waals surface area contributed by atoms with Gasteiger partial charge >= 0.3 is 0 Å². The Morgan fingerprint density at radius 2 is 2.06 bits per heavy atom. The first-order chi connectivity index (χ1) is 15.8. The molecule has 0 N–H and O–H groups in total. The normalized spacial score (nSPS) is 14.4. The van der Waals surface area contributed by atoms with Gasteiger partial charge in [-0.25, -0.2) is 8.42 Å². The van der Waals surface area contributed by atoms with Crippen LogP contribution in [-0.2, 0) is 29.6 Å². The lowest BCUT2D eigenvalue weighted by atomic mass is 10.1. The first-order valence-electron chi connectivity index (χ1n) is 10.1. The highest BCUT2D eigenvalue weighted by Crippen LogP contribution is 2.28. The van der Waals surface area contributed by atoms with Gasteiger partial charge in [-0.3, -0.25) is 4.98 Å². The van der Waals surface area contributed by atoms with Crippen LogP contribution < -0.4 is 9.47 Å². The summed E-state index contributed by atoms with van der Waals surface area (Å²) < 4.78 is 43.1. The smallest absolute Gasteiger partial charge is 0.275 e. The van der Waals surface area contributed by atoms with E-state index in [2.05, 4.69) is 25.4 Å². The van der Waals surface area contributed by atoms with Gasteiger partial charge in [-0.1, -0.05) is 11.2 Å². The standard InChI is InChI=1S/C20H21N7O5S/c1-12-8-16(25-32-12)19-23-22-18-9-17(30-2)20(24-27(18)19)31-11-14-5-4-13-10-26(33(3,28)29)7-6-15(13)21-14/h4-5,8-9H,6-7,10-11H2,1-3H3. The van der Waals surface area contributed by atoms with Gasteiger partial charge in [0.05, 0.1) is 19.1 Å². The van der Waals surface area contributed by atoms with Gasteiger partial charge in [0, 0.05) is 37.3 Å². The second-order valence-electron chi connectivity index (χ2n) is 7.68. The van der Waals surface area contributed by atoms with E-state index in [9.17, 15) is 8.42 Å². The van der Waals surface area contributed by atoms with Crippen molar-refractivity contribution in [3.8, 4) is 23.1 Å². The van der Waals surface area contributed by atoms with Crippen molar-refractivity contribution < 1.29 is 22.4 Å². The summed E-state index contributed by atoms with van der Waals surface area (Å²) >= 11 is 0. The topological polar surface area (TPSA) is 138 Å². The minimum absolute atomic E-state index is 0.151. The molecule has 0 atom stereocenters. The summed E-state index contributed by atoms with van der Waals surface area (Å²) in [6, 6.07) is 7.12. The van der Waals surface area contributed by atoms with Gasteiger partial charge in [-0.05, 0) is 18.6 Å². The van der Waals surface area contributed by atoms with Crippen molar-refractivity contribution in [3.63, 3.8) is 0 Å². The van der Waals surface area contributed by atoms with Gasteiger partial charge in [0.1, 0.15) is 12.4 Å². The molecule has 12 nitrogen and oxygen atoms in total. The quantitative estimate of drug-likeness (QED) is 0.405. The van der Waals surface area contributed by atoms with Crippen LogP contribution in [0.2, 0.25) is 0 Å². The number of fused-ring (bicyclic) bond motifs is 2. The SMILES string of the molecule is COc1cc2nnc(-c3cc(C)on3)n2nc1OCc1ccc2c(n1)CCN(S(C)(=O)=O)C2. The van der Waals surface area contributed by atoms with Gasteiger partial charge < -0.3 is 14.0 Å². The molecule has 0 aliphatic carbocycles. The Kier molecular flexibility index (Phi) is 5.21. The van der Waals surface area contributed by atoms with Crippen molar-refractivity contribution in [2.24, 2.45) is 0 Å². The fraction of sp³-hybridized carbons (Fsp3) is 0.350. The van der Waals surface area contributed by atoms with Crippen molar-refractivity contribution in [1.82, 2.24) is 34.3 Å². The Morgan fingerprint density at radius 3 is 2.79 bits per heavy atom. The summed E-state index contributed by atoms with van der Waals surface area (Å²) in [4.78, 5) is 4.65. The molecule has 5 heterocycles. The first-order valence-corrected chi connectivity index (χ1v) is 12.0. The molecular formula is C20H21N7O5S. The van der Waals surface area contributed by atoms with Gasteiger partial charge in [0.25, 0.3) is 5.88 Å². The second-order valence-corrected chi connectivity index (χ2v) is 9.66. The van der Waals surface area contributed by atoms with Gasteiger partial charge in [0.2, 0.25) is 15.8 Å². The number of aromatic nitrogens is 6. The third-order valence-electron chi connectivity index (χ3n) is 5.30. The lowest BCUT2D eigenvalue weighted by Crippen LogP contribution is -2.35. The number of hydrogen-bond donors (Lipinski definition) is 0. The molecule has 4 aromatic heterocycles. The summed E-state index contributed by atoms with van der Waals surface area (Å²) in [6.07, 6.45) is 1.76. The number of aryl methyl sites for hydroxylation is 1. The summed E-state index contributed by atoms with van der Waals surface area (Å²) in [6.45, 7) is 2.67. The Labute approximate surface area is 189 Å². The van der Waals surface area contributed by atoms with Gasteiger partial charge in [-0.15, -0.1) is 15.3 Å². The highest BCUT2D eigenvalue weighted by atomic mass is 32.2. The lowest BCUT2D eigenvalue weighted by molar-refractivity contribution is 0.263. The average molecular weight is 471 g/mol. The monoisotopic (exact) mass is 471 g/mol. The minimum atomic E-state index is -3.23. The maximum Gasteiger partial charge on any atom is 0.275 e. The van der Waals surface area contributed by atoms with E-state index in [4.69, 9.17) is 14.0 Å². The zero-order valence-corrected chi connectivity index (χ0v) is 19.0. The number of sulfonamides is 1. The maximum atomic E-state index is 11.8. The van der Waals surface area contributed by atoms with Crippen molar-refractivity contribution in [2.75, 3.05) is 19.9 Å². The number of hydrogen-bond acceptors (Lipinski definition) is 10. The molecule has 4 aromatic rings. The summed E-state index contributed by atoms with van der Waals surface area (Å²) in [5.74, 6) is 1.70. The minimum Gasteiger partial charge on any atom is -0.491 e. The third-order valence-corrected chi connectivity index (χ3v) is 6.55. The summed E-state index contributed by atoms with van der Waals surface area (Å²) in [5, 5.41) is 16.7. The molecule has 0 unspecified atom stereocenters. The zero-order chi connectivity index (χ0) is 23.2. The maximum absolute atomic E-state index is 11.8. The highest BCUT2D eigenvalue weighted by Gasteiger charge is 2.24. The largest absolute Gasteiger partial charge is 0.491 e. The molecule has 0 saturated heterocycles. The van der Waals surface area contributed by atoms with Gasteiger partial charge in [0.15, 0.2) is 17.1 Å². The molecule has 0 aromatic carbocycles. The van der Waals surface area contributed by atoms with Crippen LogP contribution in [0.3, 0.4) is 0 Å². The molecule has 0 amide bonds. The number of nitrogens with zero attached hydrogens (tertiary/aromatic N) is 7. The molecule has 13 heteroatoms. The van der Waals surface area contributed by atoms with Crippen molar-refractivity contribution in [2.45, 2.75) is 26.5 Å². The van der Waals surface area contributed by atoms with Crippen LogP contribution in [0.25, 0.3) is 17.2 Å². The Morgan fingerprint density at radius 1 is 1.21 bits per heavy atom. The number of methoxy groups -OCH3 is 1. The Bertz CT molecular complexity index is 1450. The third kappa shape index (κ3) is 4.12. The van der Waals surface area contributed by atoms with E-state index in [-0.39, 0.29) is 12.5 Å². The molecule has 33 heavy (non-hydrogen) atoms. The summed E-state index contributed by atoms with van der Waals surface area (Å²) in [7, 11) is -1.72. The van der Waals surface area contributed by atoms with Crippen molar-refractivity contribution >= 4 is 15.7 Å². The fourth-order valence-electron chi connectivity index (χ4n) is 3.62. The molecule has 0 saturated carbocycles. The molecule has 5 rings (SSSR count). The molecular weight excluding hydrogens is 450 g/mol. The fourth-order valence-corrected chi connectivity index (χ4v) is 4.42. The van der Waals surface area contributed by atoms with E-state index in [1.165, 1.54) is 22.2 Å². The second kappa shape index (κ2) is 8.08. The number of ether oxygens (including phenoxy) is 2. The molecule has 1 aliphatic heterocycles. The van der Waals surface area contributed by atoms with E-state index in [1.54, 1.807) is 19.1 Å². The number of rotatable bonds is 6.